The fourth-order valence-electron chi connectivity index (χ4n) is 3.16. The second kappa shape index (κ2) is 5.19. The highest BCUT2D eigenvalue weighted by Crippen LogP contribution is 2.40. The number of hydrogen-bond acceptors (Lipinski definition) is 2. The topological polar surface area (TPSA) is 23.5 Å². The van der Waals surface area contributed by atoms with Crippen molar-refractivity contribution < 1.29 is 5.11 Å². The Hall–Kier alpha value is -0.860. The second-order valence-corrected chi connectivity index (χ2v) is 5.44. The van der Waals surface area contributed by atoms with Crippen molar-refractivity contribution in [2.24, 2.45) is 0 Å². The van der Waals surface area contributed by atoms with Gasteiger partial charge in [0.25, 0.3) is 0 Å². The molecule has 94 valence electrons. The SMILES string of the molecule is CN(C)C(c1ccccc1)C1(O)CCCCC1. The minimum absolute atomic E-state index is 0.115. The summed E-state index contributed by atoms with van der Waals surface area (Å²) in [4.78, 5) is 2.15. The number of benzene rings is 1. The first-order valence-corrected chi connectivity index (χ1v) is 6.57. The molecule has 2 rings (SSSR count). The molecule has 1 saturated carbocycles. The minimum Gasteiger partial charge on any atom is -0.388 e. The van der Waals surface area contributed by atoms with Crippen LogP contribution in [-0.4, -0.2) is 29.7 Å². The Balaban J connectivity index is 2.28. The van der Waals surface area contributed by atoms with Crippen molar-refractivity contribution in [2.75, 3.05) is 14.1 Å². The lowest BCUT2D eigenvalue weighted by Gasteiger charge is -2.42. The van der Waals surface area contributed by atoms with Gasteiger partial charge >= 0.3 is 0 Å². The first kappa shape index (κ1) is 12.6. The maximum Gasteiger partial charge on any atom is 0.0843 e. The van der Waals surface area contributed by atoms with Crippen LogP contribution in [0.4, 0.5) is 0 Å². The summed E-state index contributed by atoms with van der Waals surface area (Å²) in [6.45, 7) is 0. The Morgan fingerprint density at radius 2 is 1.65 bits per heavy atom. The molecule has 1 atom stereocenters. The van der Waals surface area contributed by atoms with Gasteiger partial charge in [0.2, 0.25) is 0 Å². The Kier molecular flexibility index (Phi) is 3.85. The molecule has 0 radical (unpaired) electrons. The molecule has 0 bridgehead atoms. The lowest BCUT2D eigenvalue weighted by atomic mass is 9.76. The summed E-state index contributed by atoms with van der Waals surface area (Å²) in [5, 5.41) is 10.9. The summed E-state index contributed by atoms with van der Waals surface area (Å²) in [6.07, 6.45) is 5.40. The smallest absolute Gasteiger partial charge is 0.0843 e. The van der Waals surface area contributed by atoms with Gasteiger partial charge in [0, 0.05) is 0 Å². The Labute approximate surface area is 104 Å². The standard InChI is InChI=1S/C15H23NO/c1-16(2)14(13-9-5-3-6-10-13)15(17)11-7-4-8-12-15/h3,5-6,9-10,14,17H,4,7-8,11-12H2,1-2H3. The molecule has 0 heterocycles. The third kappa shape index (κ3) is 2.70. The van der Waals surface area contributed by atoms with E-state index in [1.165, 1.54) is 12.0 Å². The van der Waals surface area contributed by atoms with Crippen LogP contribution in [0.1, 0.15) is 43.7 Å². The summed E-state index contributed by atoms with van der Waals surface area (Å²) in [6, 6.07) is 10.5. The highest BCUT2D eigenvalue weighted by molar-refractivity contribution is 5.22. The molecule has 0 amide bonds. The molecule has 1 fully saturated rings. The maximum absolute atomic E-state index is 10.9. The van der Waals surface area contributed by atoms with E-state index in [1.807, 2.05) is 6.07 Å². The average Bonchev–Trinajstić information content (AvgIpc) is 2.30. The zero-order valence-corrected chi connectivity index (χ0v) is 10.9. The van der Waals surface area contributed by atoms with Gasteiger partial charge < -0.3 is 5.11 Å². The molecule has 1 aliphatic carbocycles. The van der Waals surface area contributed by atoms with Crippen molar-refractivity contribution in [3.05, 3.63) is 35.9 Å². The summed E-state index contributed by atoms with van der Waals surface area (Å²) >= 11 is 0. The molecule has 1 aromatic rings. The van der Waals surface area contributed by atoms with Crippen LogP contribution >= 0.6 is 0 Å². The Morgan fingerprint density at radius 3 is 2.18 bits per heavy atom. The van der Waals surface area contributed by atoms with Gasteiger partial charge in [-0.1, -0.05) is 49.6 Å². The molecule has 17 heavy (non-hydrogen) atoms. The first-order valence-electron chi connectivity index (χ1n) is 6.57. The van der Waals surface area contributed by atoms with Crippen molar-refractivity contribution in [1.82, 2.24) is 4.90 Å². The van der Waals surface area contributed by atoms with Crippen LogP contribution in [0.5, 0.6) is 0 Å². The van der Waals surface area contributed by atoms with E-state index < -0.39 is 5.60 Å². The summed E-state index contributed by atoms with van der Waals surface area (Å²) in [5.74, 6) is 0. The Bertz CT molecular complexity index is 341. The van der Waals surface area contributed by atoms with Gasteiger partial charge in [0.05, 0.1) is 11.6 Å². The van der Waals surface area contributed by atoms with E-state index >= 15 is 0 Å². The molecule has 1 N–H and O–H groups in total. The molecule has 0 aromatic heterocycles. The highest BCUT2D eigenvalue weighted by atomic mass is 16.3. The lowest BCUT2D eigenvalue weighted by molar-refractivity contribution is -0.0622. The van der Waals surface area contributed by atoms with Crippen LogP contribution in [-0.2, 0) is 0 Å². The molecule has 1 aliphatic rings. The lowest BCUT2D eigenvalue weighted by Crippen LogP contribution is -2.44. The van der Waals surface area contributed by atoms with Crippen molar-refractivity contribution >= 4 is 0 Å². The average molecular weight is 233 g/mol. The monoisotopic (exact) mass is 233 g/mol. The molecule has 2 nitrogen and oxygen atoms in total. The van der Waals surface area contributed by atoms with Gasteiger partial charge in [-0.15, -0.1) is 0 Å². The van der Waals surface area contributed by atoms with E-state index in [0.29, 0.717) is 0 Å². The predicted molar refractivity (Wildman–Crippen MR) is 70.9 cm³/mol. The van der Waals surface area contributed by atoms with Gasteiger partial charge in [-0.2, -0.15) is 0 Å². The molecular weight excluding hydrogens is 210 g/mol. The van der Waals surface area contributed by atoms with Crippen molar-refractivity contribution in [3.8, 4) is 0 Å². The second-order valence-electron chi connectivity index (χ2n) is 5.44. The van der Waals surface area contributed by atoms with Gasteiger partial charge in [-0.25, -0.2) is 0 Å². The van der Waals surface area contributed by atoms with Crippen molar-refractivity contribution in [2.45, 2.75) is 43.7 Å². The third-order valence-corrected chi connectivity index (χ3v) is 3.86. The van der Waals surface area contributed by atoms with E-state index in [4.69, 9.17) is 0 Å². The number of aliphatic hydroxyl groups is 1. The van der Waals surface area contributed by atoms with Crippen LogP contribution in [0, 0.1) is 0 Å². The predicted octanol–water partition coefficient (Wildman–Crippen LogP) is 2.98. The quantitative estimate of drug-likeness (QED) is 0.867. The first-order chi connectivity index (χ1) is 8.13. The van der Waals surface area contributed by atoms with Crippen molar-refractivity contribution in [3.63, 3.8) is 0 Å². The number of nitrogens with zero attached hydrogens (tertiary/aromatic N) is 1. The van der Waals surface area contributed by atoms with E-state index in [0.717, 1.165) is 25.7 Å². The molecule has 0 saturated heterocycles. The van der Waals surface area contributed by atoms with Crippen LogP contribution in [0.25, 0.3) is 0 Å². The summed E-state index contributed by atoms with van der Waals surface area (Å²) < 4.78 is 0. The summed E-state index contributed by atoms with van der Waals surface area (Å²) in [5.41, 5.74) is 0.672. The van der Waals surface area contributed by atoms with Crippen LogP contribution in [0.15, 0.2) is 30.3 Å². The van der Waals surface area contributed by atoms with Gasteiger partial charge in [0.1, 0.15) is 0 Å². The van der Waals surface area contributed by atoms with Crippen LogP contribution in [0.3, 0.4) is 0 Å². The Morgan fingerprint density at radius 1 is 1.06 bits per heavy atom. The zero-order valence-electron chi connectivity index (χ0n) is 10.9. The molecule has 1 unspecified atom stereocenters. The fourth-order valence-corrected chi connectivity index (χ4v) is 3.16. The highest BCUT2D eigenvalue weighted by Gasteiger charge is 2.39. The van der Waals surface area contributed by atoms with Gasteiger partial charge in [0.15, 0.2) is 0 Å². The van der Waals surface area contributed by atoms with Crippen LogP contribution in [0.2, 0.25) is 0 Å². The molecular formula is C15H23NO. The minimum atomic E-state index is -0.552. The normalized spacial score (nSPS) is 21.4. The molecule has 0 spiro atoms. The number of rotatable bonds is 3. The third-order valence-electron chi connectivity index (χ3n) is 3.86. The molecule has 1 aromatic carbocycles. The van der Waals surface area contributed by atoms with Crippen LogP contribution < -0.4 is 0 Å². The molecule has 0 aliphatic heterocycles. The van der Waals surface area contributed by atoms with Crippen molar-refractivity contribution in [1.29, 1.82) is 0 Å². The fraction of sp³-hybridized carbons (Fsp3) is 0.600. The molecule has 2 heteroatoms. The maximum atomic E-state index is 10.9. The summed E-state index contributed by atoms with van der Waals surface area (Å²) in [7, 11) is 4.12. The van der Waals surface area contributed by atoms with E-state index in [9.17, 15) is 5.11 Å². The van der Waals surface area contributed by atoms with E-state index in [2.05, 4.69) is 43.3 Å². The largest absolute Gasteiger partial charge is 0.388 e. The number of likely N-dealkylation sites (N-methyl/N-ethyl adjacent to an activating group) is 1. The van der Waals surface area contributed by atoms with E-state index in [1.54, 1.807) is 0 Å². The van der Waals surface area contributed by atoms with E-state index in [-0.39, 0.29) is 6.04 Å². The van der Waals surface area contributed by atoms with Gasteiger partial charge in [-0.3, -0.25) is 4.90 Å². The zero-order chi connectivity index (χ0) is 12.3. The van der Waals surface area contributed by atoms with Gasteiger partial charge in [-0.05, 0) is 32.5 Å². The number of hydrogen-bond donors (Lipinski definition) is 1.